The molecule has 0 saturated heterocycles. The summed E-state index contributed by atoms with van der Waals surface area (Å²) in [5, 5.41) is 0. The van der Waals surface area contributed by atoms with Crippen molar-refractivity contribution >= 4 is 5.78 Å². The van der Waals surface area contributed by atoms with Crippen molar-refractivity contribution < 1.29 is 35.8 Å². The Morgan fingerprint density at radius 3 is 1.50 bits per heavy atom. The van der Waals surface area contributed by atoms with Gasteiger partial charge in [0.2, 0.25) is 0 Å². The van der Waals surface area contributed by atoms with Crippen molar-refractivity contribution in [3.8, 4) is 0 Å². The fourth-order valence-electron chi connectivity index (χ4n) is 0.632. The van der Waals surface area contributed by atoms with Gasteiger partial charge < -0.3 is 0 Å². The zero-order valence-electron chi connectivity index (χ0n) is 9.22. The number of ketones is 1. The van der Waals surface area contributed by atoms with Gasteiger partial charge in [0.05, 0.1) is 0 Å². The van der Waals surface area contributed by atoms with Crippen LogP contribution in [0.4, 0.5) is 0 Å². The first-order chi connectivity index (χ1) is 7.16. The van der Waals surface area contributed by atoms with Gasteiger partial charge >= 0.3 is 33.9 Å². The van der Waals surface area contributed by atoms with E-state index in [1.807, 2.05) is 26.7 Å². The third kappa shape index (κ3) is 50.3. The quantitative estimate of drug-likeness (QED) is 0.432. The number of Topliss-reactive ketones (excluding diaryl/α,β-unsaturated/α-hetero) is 1. The summed E-state index contributed by atoms with van der Waals surface area (Å²) < 4.78 is 22.5. The normalized spacial score (nSPS) is 6.12. The second-order valence-corrected chi connectivity index (χ2v) is 2.00. The summed E-state index contributed by atoms with van der Waals surface area (Å²) in [6, 6.07) is 0. The summed E-state index contributed by atoms with van der Waals surface area (Å²) in [7, 11) is 0. The molecule has 0 saturated carbocycles. The predicted molar refractivity (Wildman–Crippen MR) is 50.0 cm³/mol. The Morgan fingerprint density at radius 2 is 1.31 bits per heavy atom. The van der Waals surface area contributed by atoms with E-state index in [0.29, 0.717) is 0 Å². The number of carbonyl (C=O) groups is 1. The van der Waals surface area contributed by atoms with Crippen molar-refractivity contribution in [2.24, 2.45) is 0 Å². The molecule has 88 valence electrons. The average molecular weight is 264 g/mol. The topological polar surface area (TPSA) is 76.8 Å². The first kappa shape index (κ1) is 29.5. The molecule has 16 heavy (non-hydrogen) atoms. The molecule has 4 nitrogen and oxygen atoms in total. The molecule has 0 rings (SSSR count). The van der Waals surface area contributed by atoms with Gasteiger partial charge in [-0.25, -0.2) is 0 Å². The fraction of sp³-hybridized carbons (Fsp3) is 0.273. The van der Waals surface area contributed by atoms with Gasteiger partial charge in [-0.1, -0.05) is 13.8 Å². The minimum absolute atomic E-state index is 0. The van der Waals surface area contributed by atoms with Crippen LogP contribution in [0.15, 0.2) is 0 Å². The van der Waals surface area contributed by atoms with Gasteiger partial charge in [0, 0.05) is 23.5 Å². The van der Waals surface area contributed by atoms with Gasteiger partial charge in [0.1, 0.15) is 5.78 Å². The minimum Gasteiger partial charge on any atom is 0 e. The van der Waals surface area contributed by atoms with Crippen molar-refractivity contribution in [1.82, 2.24) is 0 Å². The van der Waals surface area contributed by atoms with E-state index in [9.17, 15) is 4.79 Å². The van der Waals surface area contributed by atoms with E-state index in [1.165, 1.54) is 0 Å². The third-order valence-corrected chi connectivity index (χ3v) is 0.860. The Labute approximate surface area is 108 Å². The maximum absolute atomic E-state index is 10.4. The molecule has 0 aliphatic carbocycles. The number of hydrogen-bond acceptors (Lipinski definition) is 1. The molecule has 0 aromatic carbocycles. The average Bonchev–Trinajstić information content (AvgIpc) is 2.26. The Kier molecular flexibility index (Phi) is 67.6. The van der Waals surface area contributed by atoms with Crippen LogP contribution in [0.25, 0.3) is 0 Å². The van der Waals surface area contributed by atoms with Crippen LogP contribution in [0, 0.1) is 45.1 Å². The van der Waals surface area contributed by atoms with E-state index in [-0.39, 0.29) is 22.9 Å². The number of hydrogen-bond donors (Lipinski definition) is 0. The zero-order chi connectivity index (χ0) is 13.3. The zero-order valence-corrected chi connectivity index (χ0v) is 10.3. The van der Waals surface area contributed by atoms with Crippen LogP contribution >= 0.6 is 0 Å². The summed E-state index contributed by atoms with van der Waals surface area (Å²) in [6.07, 6.45) is 5.43. The molecule has 0 atom stereocenters. The summed E-state index contributed by atoms with van der Waals surface area (Å²) in [6.45, 7) is 18.9. The first-order valence-corrected chi connectivity index (χ1v) is 3.59. The van der Waals surface area contributed by atoms with Gasteiger partial charge in [0.15, 0.2) is 0 Å². The summed E-state index contributed by atoms with van der Waals surface area (Å²) >= 11 is 0. The molecule has 0 aliphatic heterocycles. The molecule has 0 amide bonds. The molecular formula is C11H12FeO4. The van der Waals surface area contributed by atoms with Gasteiger partial charge in [-0.2, -0.15) is 0 Å². The largest absolute Gasteiger partial charge is 0 e. The van der Waals surface area contributed by atoms with E-state index in [4.69, 9.17) is 14.0 Å². The molecular weight excluding hydrogens is 252 g/mol. The molecule has 5 heteroatoms. The molecule has 0 spiro atoms. The maximum Gasteiger partial charge on any atom is 0 e. The SMILES string of the molecule is C[CH][CH][C](C)[CH]C(C)=O.[C-]#[O+].[C-]#[O+].[C-]#[O+].[Fe]. The van der Waals surface area contributed by atoms with Crippen LogP contribution in [0.1, 0.15) is 20.8 Å². The van der Waals surface area contributed by atoms with Crippen LogP contribution in [-0.2, 0) is 35.8 Å². The summed E-state index contributed by atoms with van der Waals surface area (Å²) in [5.41, 5.74) is 0. The minimum atomic E-state index is 0. The molecule has 0 N–H and O–H groups in total. The van der Waals surface area contributed by atoms with Crippen LogP contribution in [0.3, 0.4) is 0 Å². The van der Waals surface area contributed by atoms with Crippen molar-refractivity contribution in [1.29, 1.82) is 0 Å². The molecule has 0 fully saturated rings. The van der Waals surface area contributed by atoms with Gasteiger partial charge in [-0.15, -0.1) is 0 Å². The Bertz CT molecular complexity index is 170. The van der Waals surface area contributed by atoms with Crippen molar-refractivity contribution in [3.63, 3.8) is 0 Å². The van der Waals surface area contributed by atoms with Crippen LogP contribution in [0.2, 0.25) is 0 Å². The van der Waals surface area contributed by atoms with E-state index in [1.54, 1.807) is 13.3 Å². The molecule has 4 radical (unpaired) electrons. The van der Waals surface area contributed by atoms with Crippen molar-refractivity contribution in [2.45, 2.75) is 20.8 Å². The number of rotatable bonds is 4. The van der Waals surface area contributed by atoms with Crippen molar-refractivity contribution in [2.75, 3.05) is 0 Å². The van der Waals surface area contributed by atoms with E-state index >= 15 is 0 Å². The number of carbonyl (C=O) groups excluding carboxylic acids is 1. The standard InChI is InChI=1S/C8H12O.3CO.Fe/c1-4-5-7(2)6-8(3)9;3*1-2;/h4-6H,1-3H3;;;;. The molecule has 0 aromatic rings. The fourth-order valence-corrected chi connectivity index (χ4v) is 0.632. The second kappa shape index (κ2) is 36.6. The Morgan fingerprint density at radius 1 is 1.00 bits per heavy atom. The summed E-state index contributed by atoms with van der Waals surface area (Å²) in [4.78, 5) is 10.4. The monoisotopic (exact) mass is 264 g/mol. The molecule has 0 bridgehead atoms. The van der Waals surface area contributed by atoms with Gasteiger partial charge in [-0.3, -0.25) is 4.79 Å². The molecule has 0 aromatic heterocycles. The van der Waals surface area contributed by atoms with Gasteiger partial charge in [0.25, 0.3) is 0 Å². The van der Waals surface area contributed by atoms with Crippen LogP contribution < -0.4 is 0 Å². The van der Waals surface area contributed by atoms with Crippen LogP contribution in [-0.4, -0.2) is 5.78 Å². The predicted octanol–water partition coefficient (Wildman–Crippen LogP) is 1.69. The molecule has 0 heterocycles. The van der Waals surface area contributed by atoms with Crippen LogP contribution in [0.5, 0.6) is 0 Å². The Balaban J connectivity index is -0.0000000498. The maximum atomic E-state index is 10.4. The van der Waals surface area contributed by atoms with E-state index in [0.717, 1.165) is 5.92 Å². The van der Waals surface area contributed by atoms with Crippen molar-refractivity contribution in [3.05, 3.63) is 45.1 Å². The molecule has 0 aliphatic rings. The van der Waals surface area contributed by atoms with Gasteiger partial charge in [-0.05, 0) is 25.7 Å². The summed E-state index contributed by atoms with van der Waals surface area (Å²) in [5.74, 6) is 1.11. The Hall–Kier alpha value is -0.591. The second-order valence-electron chi connectivity index (χ2n) is 2.00. The third-order valence-electron chi connectivity index (χ3n) is 0.860. The van der Waals surface area contributed by atoms with E-state index in [2.05, 4.69) is 20.0 Å². The van der Waals surface area contributed by atoms with E-state index < -0.39 is 0 Å². The smallest absolute Gasteiger partial charge is 0 e. The molecule has 0 unspecified atom stereocenters. The first-order valence-electron chi connectivity index (χ1n) is 3.59.